The molecule has 0 bridgehead atoms. The van der Waals surface area contributed by atoms with Crippen molar-refractivity contribution in [3.8, 4) is 0 Å². The van der Waals surface area contributed by atoms with E-state index in [9.17, 15) is 4.39 Å². The van der Waals surface area contributed by atoms with Crippen LogP contribution in [0.25, 0.3) is 10.9 Å². The molecule has 1 aliphatic carbocycles. The summed E-state index contributed by atoms with van der Waals surface area (Å²) in [7, 11) is 1.94. The molecule has 0 spiro atoms. The van der Waals surface area contributed by atoms with Gasteiger partial charge in [0.1, 0.15) is 24.6 Å². The maximum Gasteiger partial charge on any atom is 0.334 e. The Balaban J connectivity index is 1.68. The molecule has 0 unspecified atom stereocenters. The zero-order chi connectivity index (χ0) is 20.8. The first-order valence-electron chi connectivity index (χ1n) is 9.07. The number of hydrogen-bond acceptors (Lipinski definition) is 4. The Labute approximate surface area is 163 Å². The summed E-state index contributed by atoms with van der Waals surface area (Å²) in [5, 5.41) is 26.4. The molecule has 0 aliphatic heterocycles. The third-order valence-corrected chi connectivity index (χ3v) is 4.98. The molecule has 2 aromatic heterocycles. The summed E-state index contributed by atoms with van der Waals surface area (Å²) in [4.78, 5) is 0. The van der Waals surface area contributed by atoms with E-state index in [4.69, 9.17) is 10.8 Å². The van der Waals surface area contributed by atoms with Crippen LogP contribution in [0.3, 0.4) is 0 Å². The van der Waals surface area contributed by atoms with Gasteiger partial charge in [0.05, 0.1) is 29.4 Å². The van der Waals surface area contributed by atoms with Crippen molar-refractivity contribution in [2.24, 2.45) is 0 Å². The minimum Gasteiger partial charge on any atom is -0.283 e. The topological polar surface area (TPSA) is 97.2 Å². The van der Waals surface area contributed by atoms with E-state index in [1.165, 1.54) is 12.3 Å². The number of rotatable bonds is 5. The third kappa shape index (κ3) is 3.57. The SMILES string of the molecule is C[N+](=CCc1ccc(=N)n(C(=N)C(F)(F)c2cc3cn[nH]c3cc2F)n1)C1CC1. The van der Waals surface area contributed by atoms with Crippen molar-refractivity contribution in [3.05, 3.63) is 53.0 Å². The highest BCUT2D eigenvalue weighted by atomic mass is 19.3. The van der Waals surface area contributed by atoms with E-state index < -0.39 is 28.6 Å². The number of H-pyrrole nitrogens is 1. The van der Waals surface area contributed by atoms with Crippen molar-refractivity contribution >= 4 is 23.0 Å². The second-order valence-corrected chi connectivity index (χ2v) is 7.12. The molecule has 29 heavy (non-hydrogen) atoms. The van der Waals surface area contributed by atoms with Crippen molar-refractivity contribution in [1.29, 1.82) is 10.8 Å². The predicted molar refractivity (Wildman–Crippen MR) is 100 cm³/mol. The molecular weight excluding hydrogens is 383 g/mol. The van der Waals surface area contributed by atoms with Crippen LogP contribution in [-0.2, 0) is 12.3 Å². The lowest BCUT2D eigenvalue weighted by molar-refractivity contribution is -0.508. The number of alkyl halides is 2. The van der Waals surface area contributed by atoms with Crippen molar-refractivity contribution in [1.82, 2.24) is 20.0 Å². The fourth-order valence-electron chi connectivity index (χ4n) is 3.08. The lowest BCUT2D eigenvalue weighted by Gasteiger charge is -2.19. The second-order valence-electron chi connectivity index (χ2n) is 7.12. The second kappa shape index (κ2) is 6.94. The number of benzene rings is 1. The van der Waals surface area contributed by atoms with Crippen molar-refractivity contribution in [2.75, 3.05) is 7.05 Å². The quantitative estimate of drug-likeness (QED) is 0.347. The number of hydrogen-bond donors (Lipinski definition) is 3. The van der Waals surface area contributed by atoms with Crippen LogP contribution in [0.15, 0.2) is 30.5 Å². The van der Waals surface area contributed by atoms with E-state index in [1.54, 1.807) is 6.07 Å². The summed E-state index contributed by atoms with van der Waals surface area (Å²) in [5.74, 6) is -6.45. The van der Waals surface area contributed by atoms with Gasteiger partial charge in [-0.15, -0.1) is 0 Å². The van der Waals surface area contributed by atoms with Crippen molar-refractivity contribution in [2.45, 2.75) is 31.2 Å². The molecule has 1 aromatic carbocycles. The van der Waals surface area contributed by atoms with Gasteiger partial charge in [-0.3, -0.25) is 15.9 Å². The summed E-state index contributed by atoms with van der Waals surface area (Å²) in [6.07, 6.45) is 5.82. The van der Waals surface area contributed by atoms with E-state index in [0.717, 1.165) is 25.0 Å². The maximum atomic E-state index is 15.0. The van der Waals surface area contributed by atoms with Crippen LogP contribution in [0.1, 0.15) is 24.1 Å². The fraction of sp³-hybridized carbons (Fsp3) is 0.316. The highest BCUT2D eigenvalue weighted by molar-refractivity contribution is 5.90. The number of aromatic nitrogens is 4. The summed E-state index contributed by atoms with van der Waals surface area (Å²) in [5.41, 5.74) is -0.646. The molecule has 3 aromatic rings. The summed E-state index contributed by atoms with van der Waals surface area (Å²) < 4.78 is 47.0. The number of aromatic amines is 1. The normalized spacial score (nSPS) is 15.1. The maximum absolute atomic E-state index is 15.0. The molecule has 7 nitrogen and oxygen atoms in total. The molecule has 10 heteroatoms. The Morgan fingerprint density at radius 2 is 2.14 bits per heavy atom. The lowest BCUT2D eigenvalue weighted by atomic mass is 10.0. The Morgan fingerprint density at radius 3 is 2.86 bits per heavy atom. The van der Waals surface area contributed by atoms with Gasteiger partial charge in [0.15, 0.2) is 11.9 Å². The highest BCUT2D eigenvalue weighted by Crippen LogP contribution is 2.33. The average Bonchev–Trinajstić information content (AvgIpc) is 3.44. The molecule has 1 aliphatic rings. The van der Waals surface area contributed by atoms with Gasteiger partial charge < -0.3 is 0 Å². The van der Waals surface area contributed by atoms with E-state index in [1.807, 2.05) is 13.3 Å². The van der Waals surface area contributed by atoms with Crippen LogP contribution < -0.4 is 5.49 Å². The molecule has 4 rings (SSSR count). The van der Waals surface area contributed by atoms with Crippen LogP contribution in [-0.4, -0.2) is 49.7 Å². The number of nitrogens with one attached hydrogen (secondary N) is 3. The molecule has 0 radical (unpaired) electrons. The highest BCUT2D eigenvalue weighted by Gasteiger charge is 2.42. The van der Waals surface area contributed by atoms with Crippen LogP contribution in [0.5, 0.6) is 0 Å². The lowest BCUT2D eigenvalue weighted by Crippen LogP contribution is -2.40. The molecule has 0 saturated heterocycles. The van der Waals surface area contributed by atoms with Crippen LogP contribution in [0, 0.1) is 16.6 Å². The van der Waals surface area contributed by atoms with Crippen molar-refractivity contribution < 1.29 is 17.7 Å². The molecule has 0 amide bonds. The number of fused-ring (bicyclic) bond motifs is 1. The predicted octanol–water partition coefficient (Wildman–Crippen LogP) is 2.41. The Morgan fingerprint density at radius 1 is 1.38 bits per heavy atom. The number of halogens is 3. The van der Waals surface area contributed by atoms with Gasteiger partial charge >= 0.3 is 5.92 Å². The van der Waals surface area contributed by atoms with Crippen LogP contribution in [0.4, 0.5) is 13.2 Å². The van der Waals surface area contributed by atoms with E-state index in [2.05, 4.69) is 19.9 Å². The zero-order valence-electron chi connectivity index (χ0n) is 15.6. The van der Waals surface area contributed by atoms with Gasteiger partial charge in [-0.25, -0.2) is 8.97 Å². The summed E-state index contributed by atoms with van der Waals surface area (Å²) >= 11 is 0. The summed E-state index contributed by atoms with van der Waals surface area (Å²) in [6.45, 7) is 0. The largest absolute Gasteiger partial charge is 0.334 e. The Bertz CT molecular complexity index is 1190. The first kappa shape index (κ1) is 19.0. The molecule has 0 atom stereocenters. The fourth-order valence-corrected chi connectivity index (χ4v) is 3.08. The van der Waals surface area contributed by atoms with Gasteiger partial charge in [0, 0.05) is 24.3 Å². The molecule has 2 heterocycles. The van der Waals surface area contributed by atoms with Gasteiger partial charge in [-0.05, 0) is 18.2 Å². The zero-order valence-corrected chi connectivity index (χ0v) is 15.6. The van der Waals surface area contributed by atoms with E-state index in [-0.39, 0.29) is 5.52 Å². The smallest absolute Gasteiger partial charge is 0.283 e. The van der Waals surface area contributed by atoms with Gasteiger partial charge in [0.2, 0.25) is 0 Å². The molecule has 1 saturated carbocycles. The van der Waals surface area contributed by atoms with Crippen LogP contribution >= 0.6 is 0 Å². The molecular formula is C19H19F3N7+. The molecule has 150 valence electrons. The van der Waals surface area contributed by atoms with Crippen molar-refractivity contribution in [3.63, 3.8) is 0 Å². The number of nitrogens with zero attached hydrogens (tertiary/aromatic N) is 4. The molecule has 1 fully saturated rings. The Kier molecular flexibility index (Phi) is 4.56. The van der Waals surface area contributed by atoms with E-state index in [0.29, 0.717) is 28.2 Å². The van der Waals surface area contributed by atoms with Gasteiger partial charge in [0.25, 0.3) is 0 Å². The summed E-state index contributed by atoms with van der Waals surface area (Å²) in [6, 6.07) is 5.22. The van der Waals surface area contributed by atoms with E-state index >= 15 is 8.78 Å². The molecule has 3 N–H and O–H groups in total. The average molecular weight is 402 g/mol. The standard InChI is InChI=1S/C19H19F3N7/c1-28(13-3-4-13)7-6-12-2-5-17(23)29(27-12)18(24)19(21,22)14-8-11-10-25-26-16(11)9-15(14)20/h2,5,7-10,13,23-24H,3-4,6H2,1H3,(H,25,26)/q+1. The first-order valence-corrected chi connectivity index (χ1v) is 9.07. The minimum absolute atomic E-state index is 0.276. The van der Waals surface area contributed by atoms with Gasteiger partial charge in [-0.1, -0.05) is 0 Å². The minimum atomic E-state index is -3.99. The van der Waals surface area contributed by atoms with Crippen LogP contribution in [0.2, 0.25) is 0 Å². The van der Waals surface area contributed by atoms with Gasteiger partial charge in [-0.2, -0.15) is 23.7 Å². The third-order valence-electron chi connectivity index (χ3n) is 4.98. The monoisotopic (exact) mass is 402 g/mol. The Hall–Kier alpha value is -3.30. The first-order chi connectivity index (χ1) is 13.8.